The van der Waals surface area contributed by atoms with Crippen molar-refractivity contribution in [2.75, 3.05) is 26.7 Å². The first-order chi connectivity index (χ1) is 10.3. The maximum absolute atomic E-state index is 13.1. The zero-order chi connectivity index (χ0) is 14.9. The average molecular weight is 293 g/mol. The average Bonchev–Trinajstić information content (AvgIpc) is 3.00. The number of ether oxygens (including phenoxy) is 1. The van der Waals surface area contributed by atoms with Crippen LogP contribution in [0.3, 0.4) is 0 Å². The second kappa shape index (κ2) is 8.62. The van der Waals surface area contributed by atoms with Gasteiger partial charge in [-0.3, -0.25) is 4.99 Å². The number of aryl methyl sites for hydroxylation is 1. The summed E-state index contributed by atoms with van der Waals surface area (Å²) >= 11 is 0. The molecule has 21 heavy (non-hydrogen) atoms. The number of hydrogen-bond acceptors (Lipinski definition) is 2. The van der Waals surface area contributed by atoms with Crippen LogP contribution in [-0.4, -0.2) is 38.8 Å². The zero-order valence-corrected chi connectivity index (χ0v) is 12.6. The summed E-state index contributed by atoms with van der Waals surface area (Å²) in [5.41, 5.74) is 1.03. The number of hydrogen-bond donors (Lipinski definition) is 2. The first-order valence-electron chi connectivity index (χ1n) is 7.58. The normalized spacial score (nSPS) is 18.8. The maximum Gasteiger partial charge on any atom is 0.191 e. The molecule has 4 nitrogen and oxygen atoms in total. The fraction of sp³-hybridized carbons (Fsp3) is 0.562. The van der Waals surface area contributed by atoms with Gasteiger partial charge in [0.05, 0.1) is 6.10 Å². The molecule has 1 aliphatic rings. The minimum absolute atomic E-state index is 0.172. The van der Waals surface area contributed by atoms with Gasteiger partial charge in [0.15, 0.2) is 5.96 Å². The molecule has 0 radical (unpaired) electrons. The van der Waals surface area contributed by atoms with Crippen LogP contribution in [0.15, 0.2) is 29.3 Å². The Kier molecular flexibility index (Phi) is 6.47. The van der Waals surface area contributed by atoms with E-state index in [2.05, 4.69) is 15.6 Å². The number of rotatable bonds is 6. The SMILES string of the molecule is CN=C(NCCCc1cccc(F)c1)NCC1CCCO1. The molecule has 0 aromatic heterocycles. The highest BCUT2D eigenvalue weighted by Gasteiger charge is 2.15. The van der Waals surface area contributed by atoms with E-state index in [1.807, 2.05) is 6.07 Å². The summed E-state index contributed by atoms with van der Waals surface area (Å²) in [7, 11) is 1.76. The van der Waals surface area contributed by atoms with E-state index in [9.17, 15) is 4.39 Å². The van der Waals surface area contributed by atoms with Crippen LogP contribution >= 0.6 is 0 Å². The minimum Gasteiger partial charge on any atom is -0.376 e. The van der Waals surface area contributed by atoms with Crippen molar-refractivity contribution in [2.45, 2.75) is 31.8 Å². The van der Waals surface area contributed by atoms with Crippen LogP contribution in [0.4, 0.5) is 4.39 Å². The Hall–Kier alpha value is -1.62. The van der Waals surface area contributed by atoms with Crippen LogP contribution in [-0.2, 0) is 11.2 Å². The van der Waals surface area contributed by atoms with Gasteiger partial charge in [0.1, 0.15) is 5.82 Å². The summed E-state index contributed by atoms with van der Waals surface area (Å²) in [5, 5.41) is 6.54. The number of guanidine groups is 1. The summed E-state index contributed by atoms with van der Waals surface area (Å²) in [6.45, 7) is 2.47. The molecule has 1 aromatic rings. The monoisotopic (exact) mass is 293 g/mol. The molecule has 1 saturated heterocycles. The first kappa shape index (κ1) is 15.8. The molecule has 5 heteroatoms. The Morgan fingerprint density at radius 3 is 3.05 bits per heavy atom. The highest BCUT2D eigenvalue weighted by Crippen LogP contribution is 2.10. The minimum atomic E-state index is -0.172. The fourth-order valence-electron chi connectivity index (χ4n) is 2.43. The van der Waals surface area contributed by atoms with Crippen LogP contribution in [0, 0.1) is 5.82 Å². The van der Waals surface area contributed by atoms with Gasteiger partial charge in [-0.1, -0.05) is 12.1 Å². The van der Waals surface area contributed by atoms with Gasteiger partial charge in [-0.15, -0.1) is 0 Å². The predicted octanol–water partition coefficient (Wildman–Crippen LogP) is 2.10. The summed E-state index contributed by atoms with van der Waals surface area (Å²) in [6.07, 6.45) is 4.35. The Labute approximate surface area is 125 Å². The highest BCUT2D eigenvalue weighted by atomic mass is 19.1. The summed E-state index contributed by atoms with van der Waals surface area (Å²) < 4.78 is 18.6. The van der Waals surface area contributed by atoms with Crippen molar-refractivity contribution in [1.82, 2.24) is 10.6 Å². The van der Waals surface area contributed by atoms with E-state index in [-0.39, 0.29) is 5.82 Å². The predicted molar refractivity (Wildman–Crippen MR) is 83.1 cm³/mol. The third-order valence-electron chi connectivity index (χ3n) is 3.57. The van der Waals surface area contributed by atoms with Crippen molar-refractivity contribution < 1.29 is 9.13 Å². The van der Waals surface area contributed by atoms with E-state index in [1.54, 1.807) is 19.2 Å². The summed E-state index contributed by atoms with van der Waals surface area (Å²) in [4.78, 5) is 4.19. The van der Waals surface area contributed by atoms with Crippen molar-refractivity contribution in [3.8, 4) is 0 Å². The molecule has 0 aliphatic carbocycles. The van der Waals surface area contributed by atoms with Crippen LogP contribution < -0.4 is 10.6 Å². The van der Waals surface area contributed by atoms with Gasteiger partial charge >= 0.3 is 0 Å². The zero-order valence-electron chi connectivity index (χ0n) is 12.6. The largest absolute Gasteiger partial charge is 0.376 e. The van der Waals surface area contributed by atoms with E-state index >= 15 is 0 Å². The summed E-state index contributed by atoms with van der Waals surface area (Å²) in [5.74, 6) is 0.624. The standard InChI is InChI=1S/C16H24FN3O/c1-18-16(20-12-15-8-4-10-21-15)19-9-3-6-13-5-2-7-14(17)11-13/h2,5,7,11,15H,3-4,6,8-10,12H2,1H3,(H2,18,19,20). The molecular formula is C16H24FN3O. The van der Waals surface area contributed by atoms with E-state index < -0.39 is 0 Å². The molecule has 0 saturated carbocycles. The maximum atomic E-state index is 13.1. The van der Waals surface area contributed by atoms with Crippen LogP contribution in [0.5, 0.6) is 0 Å². The van der Waals surface area contributed by atoms with Crippen LogP contribution in [0.2, 0.25) is 0 Å². The number of aliphatic imine (C=N–C) groups is 1. The quantitative estimate of drug-likeness (QED) is 0.480. The van der Waals surface area contributed by atoms with Gasteiger partial charge < -0.3 is 15.4 Å². The molecule has 1 aliphatic heterocycles. The van der Waals surface area contributed by atoms with Gasteiger partial charge in [0.2, 0.25) is 0 Å². The Balaban J connectivity index is 1.61. The second-order valence-electron chi connectivity index (χ2n) is 5.25. The van der Waals surface area contributed by atoms with Crippen molar-refractivity contribution in [1.29, 1.82) is 0 Å². The van der Waals surface area contributed by atoms with E-state index in [4.69, 9.17) is 4.74 Å². The molecule has 1 heterocycles. The molecule has 0 bridgehead atoms. The topological polar surface area (TPSA) is 45.7 Å². The van der Waals surface area contributed by atoms with Crippen molar-refractivity contribution in [2.24, 2.45) is 4.99 Å². The second-order valence-corrected chi connectivity index (χ2v) is 5.25. The molecule has 2 rings (SSSR count). The molecule has 0 spiro atoms. The first-order valence-corrected chi connectivity index (χ1v) is 7.58. The Morgan fingerprint density at radius 1 is 1.43 bits per heavy atom. The number of benzene rings is 1. The summed E-state index contributed by atoms with van der Waals surface area (Å²) in [6, 6.07) is 6.76. The molecule has 1 aromatic carbocycles. The lowest BCUT2D eigenvalue weighted by Crippen LogP contribution is -2.41. The molecule has 2 N–H and O–H groups in total. The fourth-order valence-corrected chi connectivity index (χ4v) is 2.43. The number of nitrogens with zero attached hydrogens (tertiary/aromatic N) is 1. The molecule has 1 atom stereocenters. The van der Waals surface area contributed by atoms with Crippen molar-refractivity contribution in [3.05, 3.63) is 35.6 Å². The molecule has 1 fully saturated rings. The van der Waals surface area contributed by atoms with Gasteiger partial charge in [-0.25, -0.2) is 4.39 Å². The highest BCUT2D eigenvalue weighted by molar-refractivity contribution is 5.79. The van der Waals surface area contributed by atoms with Gasteiger partial charge in [-0.05, 0) is 43.4 Å². The Morgan fingerprint density at radius 2 is 2.33 bits per heavy atom. The number of nitrogens with one attached hydrogen (secondary N) is 2. The molecular weight excluding hydrogens is 269 g/mol. The lowest BCUT2D eigenvalue weighted by Gasteiger charge is -2.15. The third kappa shape index (κ3) is 5.71. The third-order valence-corrected chi connectivity index (χ3v) is 3.57. The molecule has 0 amide bonds. The van der Waals surface area contributed by atoms with Gasteiger partial charge in [0, 0.05) is 26.7 Å². The van der Waals surface area contributed by atoms with Crippen LogP contribution in [0.1, 0.15) is 24.8 Å². The van der Waals surface area contributed by atoms with Crippen LogP contribution in [0.25, 0.3) is 0 Å². The van der Waals surface area contributed by atoms with E-state index in [0.29, 0.717) is 6.10 Å². The lowest BCUT2D eigenvalue weighted by molar-refractivity contribution is 0.114. The van der Waals surface area contributed by atoms with Gasteiger partial charge in [-0.2, -0.15) is 0 Å². The van der Waals surface area contributed by atoms with E-state index in [1.165, 1.54) is 6.07 Å². The molecule has 116 valence electrons. The smallest absolute Gasteiger partial charge is 0.191 e. The Bertz CT molecular complexity index is 459. The van der Waals surface area contributed by atoms with Crippen molar-refractivity contribution in [3.63, 3.8) is 0 Å². The van der Waals surface area contributed by atoms with E-state index in [0.717, 1.165) is 56.9 Å². The van der Waals surface area contributed by atoms with Gasteiger partial charge in [0.25, 0.3) is 0 Å². The van der Waals surface area contributed by atoms with Crippen molar-refractivity contribution >= 4 is 5.96 Å². The molecule has 1 unspecified atom stereocenters. The lowest BCUT2D eigenvalue weighted by atomic mass is 10.1. The number of halogens is 1.